The van der Waals surface area contributed by atoms with Crippen molar-refractivity contribution in [2.45, 2.75) is 31.5 Å². The summed E-state index contributed by atoms with van der Waals surface area (Å²) in [6, 6.07) is 23.5. The quantitative estimate of drug-likeness (QED) is 0.334. The van der Waals surface area contributed by atoms with Gasteiger partial charge in [0.25, 0.3) is 5.91 Å². The zero-order chi connectivity index (χ0) is 25.9. The predicted molar refractivity (Wildman–Crippen MR) is 146 cm³/mol. The van der Waals surface area contributed by atoms with Gasteiger partial charge < -0.3 is 20.4 Å². The van der Waals surface area contributed by atoms with Crippen LogP contribution in [0.2, 0.25) is 5.15 Å². The Morgan fingerprint density at radius 3 is 2.57 bits per heavy atom. The van der Waals surface area contributed by atoms with E-state index < -0.39 is 18.1 Å². The Morgan fingerprint density at radius 2 is 1.78 bits per heavy atom. The summed E-state index contributed by atoms with van der Waals surface area (Å²) in [5.74, 6) is 0.0345. The molecule has 0 spiro atoms. The molecule has 0 saturated carbocycles. The van der Waals surface area contributed by atoms with E-state index in [0.29, 0.717) is 23.0 Å². The van der Waals surface area contributed by atoms with Crippen LogP contribution in [0.3, 0.4) is 0 Å². The van der Waals surface area contributed by atoms with Crippen molar-refractivity contribution >= 4 is 40.0 Å². The topological polar surface area (TPSA) is 86.5 Å². The lowest BCUT2D eigenvalue weighted by Crippen LogP contribution is -2.54. The second kappa shape index (κ2) is 10.7. The van der Waals surface area contributed by atoms with Crippen molar-refractivity contribution in [3.63, 3.8) is 0 Å². The molecule has 7 nitrogen and oxygen atoms in total. The standard InChI is InChI=1S/C29H29ClN4O3/c1-18(31-2)28(35)33-22-17-37-25-15-9-8-14-23(25)34(29(22)36)24(16-19-10-4-3-5-11-19)26-20-12-6-7-13-21(20)32-27(26)30/h3-15,18,22,24,31-32H,16-17H2,1-2H3,(H,33,35)/t18-,22?,24-/m0/s1. The van der Waals surface area contributed by atoms with Crippen molar-refractivity contribution < 1.29 is 14.3 Å². The van der Waals surface area contributed by atoms with Crippen LogP contribution in [0.4, 0.5) is 5.69 Å². The fourth-order valence-corrected chi connectivity index (χ4v) is 5.11. The number of halogens is 1. The number of hydrogen-bond acceptors (Lipinski definition) is 4. The van der Waals surface area contributed by atoms with Crippen molar-refractivity contribution in [2.75, 3.05) is 18.6 Å². The lowest BCUT2D eigenvalue weighted by atomic mass is 9.95. The maximum atomic E-state index is 14.3. The highest BCUT2D eigenvalue weighted by Gasteiger charge is 2.39. The molecule has 0 bridgehead atoms. The molecule has 0 radical (unpaired) electrons. The van der Waals surface area contributed by atoms with Gasteiger partial charge in [-0.2, -0.15) is 0 Å². The number of hydrogen-bond donors (Lipinski definition) is 3. The number of H-pyrrole nitrogens is 1. The summed E-state index contributed by atoms with van der Waals surface area (Å²) in [4.78, 5) is 32.1. The first-order chi connectivity index (χ1) is 18.0. The molecule has 0 saturated heterocycles. The Morgan fingerprint density at radius 1 is 1.08 bits per heavy atom. The number of amides is 2. The first kappa shape index (κ1) is 24.9. The summed E-state index contributed by atoms with van der Waals surface area (Å²) in [5.41, 5.74) is 3.39. The highest BCUT2D eigenvalue weighted by molar-refractivity contribution is 6.32. The first-order valence-corrected chi connectivity index (χ1v) is 12.7. The Balaban J connectivity index is 1.67. The molecule has 37 heavy (non-hydrogen) atoms. The summed E-state index contributed by atoms with van der Waals surface area (Å²) in [7, 11) is 1.70. The molecule has 3 N–H and O–H groups in total. The zero-order valence-electron chi connectivity index (χ0n) is 20.7. The summed E-state index contributed by atoms with van der Waals surface area (Å²) in [6.45, 7) is 1.77. The number of aromatic amines is 1. The number of anilines is 1. The molecule has 4 aromatic rings. The van der Waals surface area contributed by atoms with Crippen LogP contribution < -0.4 is 20.3 Å². The monoisotopic (exact) mass is 516 g/mol. The summed E-state index contributed by atoms with van der Waals surface area (Å²) in [5, 5.41) is 7.21. The van der Waals surface area contributed by atoms with Gasteiger partial charge in [0.2, 0.25) is 5.91 Å². The number of para-hydroxylation sites is 3. The van der Waals surface area contributed by atoms with Gasteiger partial charge in [0, 0.05) is 16.5 Å². The van der Waals surface area contributed by atoms with Crippen LogP contribution in [0, 0.1) is 0 Å². The van der Waals surface area contributed by atoms with Crippen LogP contribution in [0.1, 0.15) is 24.1 Å². The van der Waals surface area contributed by atoms with Gasteiger partial charge in [0.15, 0.2) is 0 Å². The van der Waals surface area contributed by atoms with Gasteiger partial charge >= 0.3 is 0 Å². The Bertz CT molecular complexity index is 1420. The molecule has 1 unspecified atom stereocenters. The second-order valence-electron chi connectivity index (χ2n) is 9.16. The molecule has 8 heteroatoms. The number of benzene rings is 3. The largest absolute Gasteiger partial charge is 0.489 e. The maximum absolute atomic E-state index is 14.3. The van der Waals surface area contributed by atoms with E-state index in [1.54, 1.807) is 18.9 Å². The minimum Gasteiger partial charge on any atom is -0.489 e. The van der Waals surface area contributed by atoms with E-state index in [1.807, 2.05) is 78.9 Å². The smallest absolute Gasteiger partial charge is 0.253 e. The van der Waals surface area contributed by atoms with Crippen molar-refractivity contribution in [3.05, 3.63) is 95.1 Å². The van der Waals surface area contributed by atoms with E-state index in [9.17, 15) is 9.59 Å². The Labute approximate surface area is 220 Å². The molecule has 0 fully saturated rings. The van der Waals surface area contributed by atoms with E-state index in [-0.39, 0.29) is 18.4 Å². The van der Waals surface area contributed by atoms with E-state index in [4.69, 9.17) is 16.3 Å². The van der Waals surface area contributed by atoms with Crippen LogP contribution in [0.15, 0.2) is 78.9 Å². The van der Waals surface area contributed by atoms with Crippen molar-refractivity contribution in [1.29, 1.82) is 0 Å². The summed E-state index contributed by atoms with van der Waals surface area (Å²) >= 11 is 6.84. The lowest BCUT2D eigenvalue weighted by Gasteiger charge is -2.33. The molecular weight excluding hydrogens is 488 g/mol. The fraction of sp³-hybridized carbons (Fsp3) is 0.241. The van der Waals surface area contributed by atoms with E-state index in [2.05, 4.69) is 15.6 Å². The van der Waals surface area contributed by atoms with Gasteiger partial charge in [0.1, 0.15) is 23.6 Å². The highest BCUT2D eigenvalue weighted by atomic mass is 35.5. The van der Waals surface area contributed by atoms with Gasteiger partial charge in [-0.15, -0.1) is 0 Å². The Hall–Kier alpha value is -3.81. The van der Waals surface area contributed by atoms with E-state index >= 15 is 0 Å². The molecule has 0 aliphatic carbocycles. The van der Waals surface area contributed by atoms with Gasteiger partial charge in [-0.25, -0.2) is 0 Å². The van der Waals surface area contributed by atoms with Crippen LogP contribution >= 0.6 is 11.6 Å². The molecule has 3 atom stereocenters. The minimum atomic E-state index is -0.877. The molecule has 2 amide bonds. The van der Waals surface area contributed by atoms with E-state index in [0.717, 1.165) is 22.0 Å². The molecular formula is C29H29ClN4O3. The number of aromatic nitrogens is 1. The average molecular weight is 517 g/mol. The summed E-state index contributed by atoms with van der Waals surface area (Å²) in [6.07, 6.45) is 0.510. The van der Waals surface area contributed by atoms with Crippen LogP contribution in [-0.2, 0) is 16.0 Å². The summed E-state index contributed by atoms with van der Waals surface area (Å²) < 4.78 is 6.07. The molecule has 1 aliphatic rings. The molecule has 3 aromatic carbocycles. The molecule has 1 aliphatic heterocycles. The minimum absolute atomic E-state index is 0.0220. The number of ether oxygens (including phenoxy) is 1. The van der Waals surface area contributed by atoms with E-state index in [1.165, 1.54) is 0 Å². The van der Waals surface area contributed by atoms with Crippen molar-refractivity contribution in [3.8, 4) is 5.75 Å². The average Bonchev–Trinajstić information content (AvgIpc) is 3.19. The van der Waals surface area contributed by atoms with Crippen molar-refractivity contribution in [1.82, 2.24) is 15.6 Å². The van der Waals surface area contributed by atoms with Gasteiger partial charge in [-0.1, -0.05) is 72.3 Å². The molecule has 1 aromatic heterocycles. The third-order valence-corrected chi connectivity index (χ3v) is 7.12. The molecule has 5 rings (SSSR count). The number of nitrogens with one attached hydrogen (secondary N) is 3. The predicted octanol–water partition coefficient (Wildman–Crippen LogP) is 4.62. The fourth-order valence-electron chi connectivity index (χ4n) is 4.78. The lowest BCUT2D eigenvalue weighted by molar-refractivity contribution is -0.129. The molecule has 190 valence electrons. The third kappa shape index (κ3) is 4.92. The number of likely N-dealkylation sites (N-methyl/N-ethyl adjacent to an activating group) is 1. The van der Waals surface area contributed by atoms with Gasteiger partial charge in [0.05, 0.1) is 17.8 Å². The Kier molecular flexibility index (Phi) is 7.17. The van der Waals surface area contributed by atoms with Crippen LogP contribution in [0.5, 0.6) is 5.75 Å². The second-order valence-corrected chi connectivity index (χ2v) is 9.54. The van der Waals surface area contributed by atoms with Crippen molar-refractivity contribution in [2.24, 2.45) is 0 Å². The first-order valence-electron chi connectivity index (χ1n) is 12.3. The zero-order valence-corrected chi connectivity index (χ0v) is 21.5. The number of fused-ring (bicyclic) bond motifs is 2. The maximum Gasteiger partial charge on any atom is 0.253 e. The number of carbonyl (C=O) groups excluding carboxylic acids is 2. The SMILES string of the molecule is CN[C@@H](C)C(=O)NC1COc2ccccc2N([C@@H](Cc2ccccc2)c2c(Cl)[nH]c3ccccc23)C1=O. The van der Waals surface area contributed by atoms with Crippen LogP contribution in [-0.4, -0.2) is 42.5 Å². The number of rotatable bonds is 7. The third-order valence-electron chi connectivity index (χ3n) is 6.82. The number of nitrogens with zero attached hydrogens (tertiary/aromatic N) is 1. The normalized spacial score (nSPS) is 17.0. The van der Waals surface area contributed by atoms with Gasteiger partial charge in [-0.05, 0) is 44.2 Å². The van der Waals surface area contributed by atoms with Gasteiger partial charge in [-0.3, -0.25) is 14.5 Å². The highest BCUT2D eigenvalue weighted by Crippen LogP contribution is 2.42. The van der Waals surface area contributed by atoms with Crippen LogP contribution in [0.25, 0.3) is 10.9 Å². The number of carbonyl (C=O) groups is 2. The molecule has 2 heterocycles.